The monoisotopic (exact) mass is 181 g/mol. The molecule has 13 heavy (non-hydrogen) atoms. The lowest BCUT2D eigenvalue weighted by Crippen LogP contribution is -2.31. The first-order chi connectivity index (χ1) is 6.20. The van der Waals surface area contributed by atoms with E-state index in [1.165, 1.54) is 0 Å². The van der Waals surface area contributed by atoms with Gasteiger partial charge in [0.2, 0.25) is 5.78 Å². The van der Waals surface area contributed by atoms with Gasteiger partial charge in [0.25, 0.3) is 0 Å². The van der Waals surface area contributed by atoms with Crippen LogP contribution >= 0.6 is 0 Å². The van der Waals surface area contributed by atoms with Crippen molar-refractivity contribution in [3.8, 4) is 0 Å². The minimum Gasteiger partial charge on any atom is -0.329 e. The maximum atomic E-state index is 11.6. The van der Waals surface area contributed by atoms with Crippen molar-refractivity contribution >= 4 is 5.78 Å². The van der Waals surface area contributed by atoms with Crippen molar-refractivity contribution in [1.29, 1.82) is 0 Å². The number of hydrogen-bond donors (Lipinski definition) is 1. The fourth-order valence-corrected chi connectivity index (χ4v) is 1.14. The molecule has 1 unspecified atom stereocenters. The Morgan fingerprint density at radius 1 is 1.69 bits per heavy atom. The van der Waals surface area contributed by atoms with E-state index in [0.717, 1.165) is 6.54 Å². The van der Waals surface area contributed by atoms with Crippen LogP contribution in [0, 0.1) is 0 Å². The summed E-state index contributed by atoms with van der Waals surface area (Å²) in [6, 6.07) is -0.423. The molecule has 0 aliphatic rings. The second-order valence-electron chi connectivity index (χ2n) is 2.92. The van der Waals surface area contributed by atoms with Crippen LogP contribution < -0.4 is 5.73 Å². The highest BCUT2D eigenvalue weighted by atomic mass is 16.1. The van der Waals surface area contributed by atoms with E-state index >= 15 is 0 Å². The molecule has 0 bridgehead atoms. The van der Waals surface area contributed by atoms with Crippen molar-refractivity contribution < 1.29 is 4.79 Å². The number of nitrogens with two attached hydrogens (primary N) is 1. The standard InChI is InChI=1S/C9H15N3O/c1-3-7(10)8(13)9-11-5-6-12(9)4-2/h5-7H,3-4,10H2,1-2H3. The zero-order chi connectivity index (χ0) is 9.84. The molecule has 4 heteroatoms. The lowest BCUT2D eigenvalue weighted by atomic mass is 10.1. The van der Waals surface area contributed by atoms with Crippen molar-refractivity contribution in [2.24, 2.45) is 5.73 Å². The van der Waals surface area contributed by atoms with Crippen molar-refractivity contribution in [3.63, 3.8) is 0 Å². The van der Waals surface area contributed by atoms with Gasteiger partial charge < -0.3 is 10.3 Å². The zero-order valence-corrected chi connectivity index (χ0v) is 8.03. The summed E-state index contributed by atoms with van der Waals surface area (Å²) in [7, 11) is 0. The molecular weight excluding hydrogens is 166 g/mol. The van der Waals surface area contributed by atoms with E-state index in [9.17, 15) is 4.79 Å². The average Bonchev–Trinajstić information content (AvgIpc) is 2.62. The molecule has 0 fully saturated rings. The molecule has 1 rings (SSSR count). The van der Waals surface area contributed by atoms with Gasteiger partial charge in [-0.1, -0.05) is 6.92 Å². The molecule has 0 amide bonds. The molecule has 2 N–H and O–H groups in total. The second kappa shape index (κ2) is 4.18. The molecule has 1 heterocycles. The van der Waals surface area contributed by atoms with Gasteiger partial charge in [-0.05, 0) is 13.3 Å². The third-order valence-electron chi connectivity index (χ3n) is 2.05. The van der Waals surface area contributed by atoms with Crippen LogP contribution in [0.15, 0.2) is 12.4 Å². The van der Waals surface area contributed by atoms with Crippen molar-refractivity contribution in [3.05, 3.63) is 18.2 Å². The van der Waals surface area contributed by atoms with E-state index in [-0.39, 0.29) is 5.78 Å². The molecule has 0 aliphatic heterocycles. The maximum Gasteiger partial charge on any atom is 0.214 e. The van der Waals surface area contributed by atoms with E-state index in [1.807, 2.05) is 13.8 Å². The summed E-state index contributed by atoms with van der Waals surface area (Å²) < 4.78 is 1.80. The number of carbonyl (C=O) groups excluding carboxylic acids is 1. The first-order valence-corrected chi connectivity index (χ1v) is 4.51. The number of aryl methyl sites for hydroxylation is 1. The molecule has 1 aromatic rings. The van der Waals surface area contributed by atoms with E-state index in [0.29, 0.717) is 12.2 Å². The highest BCUT2D eigenvalue weighted by Crippen LogP contribution is 2.02. The number of aromatic nitrogens is 2. The molecule has 0 aromatic carbocycles. The highest BCUT2D eigenvalue weighted by Gasteiger charge is 2.17. The van der Waals surface area contributed by atoms with E-state index in [4.69, 9.17) is 5.73 Å². The molecule has 0 aliphatic carbocycles. The van der Waals surface area contributed by atoms with Gasteiger partial charge in [0.1, 0.15) is 0 Å². The van der Waals surface area contributed by atoms with Crippen LogP contribution in [-0.2, 0) is 6.54 Å². The first-order valence-electron chi connectivity index (χ1n) is 4.51. The van der Waals surface area contributed by atoms with Crippen LogP contribution in [0.4, 0.5) is 0 Å². The summed E-state index contributed by atoms with van der Waals surface area (Å²) in [6.07, 6.45) is 4.06. The SMILES string of the molecule is CCC(N)C(=O)c1nccn1CC. The van der Waals surface area contributed by atoms with Gasteiger partial charge in [0, 0.05) is 18.9 Å². The highest BCUT2D eigenvalue weighted by molar-refractivity contribution is 5.96. The number of carbonyl (C=O) groups is 1. The summed E-state index contributed by atoms with van der Waals surface area (Å²) in [5.41, 5.74) is 5.63. The Bertz CT molecular complexity index is 293. The fraction of sp³-hybridized carbons (Fsp3) is 0.556. The van der Waals surface area contributed by atoms with Gasteiger partial charge in [-0.25, -0.2) is 4.98 Å². The van der Waals surface area contributed by atoms with Gasteiger partial charge in [0.05, 0.1) is 6.04 Å². The van der Waals surface area contributed by atoms with Crippen LogP contribution in [-0.4, -0.2) is 21.4 Å². The van der Waals surface area contributed by atoms with E-state index < -0.39 is 6.04 Å². The van der Waals surface area contributed by atoms with Crippen molar-refractivity contribution in [2.75, 3.05) is 0 Å². The zero-order valence-electron chi connectivity index (χ0n) is 8.03. The second-order valence-corrected chi connectivity index (χ2v) is 2.92. The Balaban J connectivity index is 2.88. The number of Topliss-reactive ketones (excluding diaryl/α,β-unsaturated/α-hetero) is 1. The van der Waals surface area contributed by atoms with E-state index in [2.05, 4.69) is 4.98 Å². The molecule has 72 valence electrons. The Hall–Kier alpha value is -1.16. The lowest BCUT2D eigenvalue weighted by molar-refractivity contribution is 0.0945. The Morgan fingerprint density at radius 3 is 2.92 bits per heavy atom. The summed E-state index contributed by atoms with van der Waals surface area (Å²) in [5, 5.41) is 0. The average molecular weight is 181 g/mol. The molecule has 0 saturated carbocycles. The van der Waals surface area contributed by atoms with Gasteiger partial charge in [-0.2, -0.15) is 0 Å². The molecule has 1 atom stereocenters. The fourth-order valence-electron chi connectivity index (χ4n) is 1.14. The minimum absolute atomic E-state index is 0.0747. The van der Waals surface area contributed by atoms with E-state index in [1.54, 1.807) is 17.0 Å². The minimum atomic E-state index is -0.423. The van der Waals surface area contributed by atoms with Crippen LogP contribution in [0.5, 0.6) is 0 Å². The van der Waals surface area contributed by atoms with Crippen LogP contribution in [0.1, 0.15) is 30.9 Å². The van der Waals surface area contributed by atoms with Crippen LogP contribution in [0.2, 0.25) is 0 Å². The Morgan fingerprint density at radius 2 is 2.38 bits per heavy atom. The number of ketones is 1. The molecule has 0 saturated heterocycles. The molecular formula is C9H15N3O. The summed E-state index contributed by atoms with van der Waals surface area (Å²) >= 11 is 0. The number of hydrogen-bond acceptors (Lipinski definition) is 3. The van der Waals surface area contributed by atoms with Crippen LogP contribution in [0.25, 0.3) is 0 Å². The van der Waals surface area contributed by atoms with Gasteiger partial charge >= 0.3 is 0 Å². The molecule has 0 spiro atoms. The molecule has 1 aromatic heterocycles. The number of imidazole rings is 1. The molecule has 0 radical (unpaired) electrons. The van der Waals surface area contributed by atoms with Crippen LogP contribution in [0.3, 0.4) is 0 Å². The lowest BCUT2D eigenvalue weighted by Gasteiger charge is -2.08. The number of rotatable bonds is 4. The topological polar surface area (TPSA) is 60.9 Å². The Kier molecular flexibility index (Phi) is 3.19. The predicted molar refractivity (Wildman–Crippen MR) is 50.5 cm³/mol. The number of nitrogens with zero attached hydrogens (tertiary/aromatic N) is 2. The summed E-state index contributed by atoms with van der Waals surface area (Å²) in [5.74, 6) is 0.395. The Labute approximate surface area is 77.8 Å². The molecule has 4 nitrogen and oxygen atoms in total. The van der Waals surface area contributed by atoms with Gasteiger partial charge in [0.15, 0.2) is 5.82 Å². The summed E-state index contributed by atoms with van der Waals surface area (Å²) in [4.78, 5) is 15.6. The largest absolute Gasteiger partial charge is 0.329 e. The van der Waals surface area contributed by atoms with Gasteiger partial charge in [-0.3, -0.25) is 4.79 Å². The normalized spacial score (nSPS) is 12.8. The maximum absolute atomic E-state index is 11.6. The quantitative estimate of drug-likeness (QED) is 0.699. The summed E-state index contributed by atoms with van der Waals surface area (Å²) in [6.45, 7) is 4.61. The van der Waals surface area contributed by atoms with Gasteiger partial charge in [-0.15, -0.1) is 0 Å². The third-order valence-corrected chi connectivity index (χ3v) is 2.05. The first kappa shape index (κ1) is 9.92. The predicted octanol–water partition coefficient (Wildman–Crippen LogP) is 0.823. The third kappa shape index (κ3) is 1.95. The smallest absolute Gasteiger partial charge is 0.214 e. The van der Waals surface area contributed by atoms with Crippen molar-refractivity contribution in [1.82, 2.24) is 9.55 Å². The van der Waals surface area contributed by atoms with Crippen molar-refractivity contribution in [2.45, 2.75) is 32.9 Å².